The normalized spacial score (nSPS) is 14.6. The van der Waals surface area contributed by atoms with E-state index in [4.69, 9.17) is 0 Å². The lowest BCUT2D eigenvalue weighted by molar-refractivity contribution is 0.650. The molecule has 1 unspecified atom stereocenters. The quantitative estimate of drug-likeness (QED) is 0.736. The molecule has 0 spiro atoms. The Morgan fingerprint density at radius 1 is 1.22 bits per heavy atom. The summed E-state index contributed by atoms with van der Waals surface area (Å²) < 4.78 is 16.3. The Morgan fingerprint density at radius 2 is 1.83 bits per heavy atom. The molecule has 100 valence electrons. The van der Waals surface area contributed by atoms with Crippen LogP contribution in [-0.4, -0.2) is 14.7 Å². The Morgan fingerprint density at radius 3 is 2.33 bits per heavy atom. The van der Waals surface area contributed by atoms with Crippen molar-refractivity contribution >= 4 is 16.7 Å². The van der Waals surface area contributed by atoms with Gasteiger partial charge < -0.3 is 0 Å². The summed E-state index contributed by atoms with van der Waals surface area (Å²) in [6, 6.07) is 10.1. The second kappa shape index (κ2) is 6.83. The summed E-state index contributed by atoms with van der Waals surface area (Å²) in [7, 11) is -1.18. The molecular weight excluding hydrogens is 242 g/mol. The predicted octanol–water partition coefficient (Wildman–Crippen LogP) is 4.13. The fourth-order valence-corrected chi connectivity index (χ4v) is 2.13. The molecule has 0 radical (unpaired) electrons. The van der Waals surface area contributed by atoms with Crippen LogP contribution in [0.1, 0.15) is 52.5 Å². The number of unbranched alkanes of at least 4 members (excludes halogenated alkanes) is 1. The first-order valence-corrected chi connectivity index (χ1v) is 7.61. The average molecular weight is 265 g/mol. The van der Waals surface area contributed by atoms with Crippen LogP contribution in [0.3, 0.4) is 0 Å². The molecule has 0 amide bonds. The van der Waals surface area contributed by atoms with Crippen molar-refractivity contribution in [2.75, 3.05) is 0 Å². The summed E-state index contributed by atoms with van der Waals surface area (Å²) in [5, 5.41) is 0. The zero-order chi connectivity index (χ0) is 13.6. The molecule has 0 aliphatic rings. The van der Waals surface area contributed by atoms with Gasteiger partial charge in [0.1, 0.15) is 11.0 Å². The van der Waals surface area contributed by atoms with Crippen molar-refractivity contribution in [1.82, 2.24) is 0 Å². The molecule has 1 aromatic rings. The summed E-state index contributed by atoms with van der Waals surface area (Å²) >= 11 is 0. The van der Waals surface area contributed by atoms with Gasteiger partial charge in [0.05, 0.1) is 10.5 Å². The van der Waals surface area contributed by atoms with Crippen molar-refractivity contribution in [1.29, 1.82) is 0 Å². The molecule has 2 nitrogen and oxygen atoms in total. The van der Waals surface area contributed by atoms with Crippen molar-refractivity contribution in [3.63, 3.8) is 0 Å². The van der Waals surface area contributed by atoms with E-state index in [0.717, 1.165) is 30.5 Å². The Kier molecular flexibility index (Phi) is 5.73. The van der Waals surface area contributed by atoms with Gasteiger partial charge in [0.25, 0.3) is 0 Å². The smallest absolute Gasteiger partial charge is 0.145 e. The SMILES string of the molecule is CCCCC(=NS(=O)C(C)(C)C)c1ccccc1. The molecule has 0 bridgehead atoms. The van der Waals surface area contributed by atoms with Crippen LogP contribution in [0.4, 0.5) is 0 Å². The number of benzene rings is 1. The van der Waals surface area contributed by atoms with E-state index < -0.39 is 11.0 Å². The minimum atomic E-state index is -1.18. The third-order valence-electron chi connectivity index (χ3n) is 2.59. The molecule has 0 heterocycles. The van der Waals surface area contributed by atoms with Gasteiger partial charge in [-0.05, 0) is 39.2 Å². The van der Waals surface area contributed by atoms with E-state index in [-0.39, 0.29) is 4.75 Å². The monoisotopic (exact) mass is 265 g/mol. The minimum absolute atomic E-state index is 0.299. The van der Waals surface area contributed by atoms with Crippen LogP contribution in [0.25, 0.3) is 0 Å². The van der Waals surface area contributed by atoms with E-state index in [1.165, 1.54) is 0 Å². The third kappa shape index (κ3) is 4.73. The first-order chi connectivity index (χ1) is 8.45. The van der Waals surface area contributed by atoms with Gasteiger partial charge >= 0.3 is 0 Å². The highest BCUT2D eigenvalue weighted by Gasteiger charge is 2.19. The number of hydrogen-bond acceptors (Lipinski definition) is 1. The second-order valence-corrected chi connectivity index (χ2v) is 7.27. The molecule has 1 aromatic carbocycles. The molecule has 0 fully saturated rings. The molecule has 0 aliphatic carbocycles. The average Bonchev–Trinajstić information content (AvgIpc) is 2.34. The predicted molar refractivity (Wildman–Crippen MR) is 80.4 cm³/mol. The summed E-state index contributed by atoms with van der Waals surface area (Å²) in [6.07, 6.45) is 3.09. The first kappa shape index (κ1) is 15.1. The van der Waals surface area contributed by atoms with E-state index >= 15 is 0 Å². The molecule has 0 aromatic heterocycles. The van der Waals surface area contributed by atoms with Gasteiger partial charge in [-0.1, -0.05) is 43.7 Å². The third-order valence-corrected chi connectivity index (χ3v) is 4.03. The van der Waals surface area contributed by atoms with Gasteiger partial charge in [0.2, 0.25) is 0 Å². The van der Waals surface area contributed by atoms with E-state index in [9.17, 15) is 4.21 Å². The van der Waals surface area contributed by atoms with Crippen LogP contribution in [0.5, 0.6) is 0 Å². The molecule has 18 heavy (non-hydrogen) atoms. The van der Waals surface area contributed by atoms with Gasteiger partial charge in [0, 0.05) is 0 Å². The fourth-order valence-electron chi connectivity index (χ4n) is 1.45. The van der Waals surface area contributed by atoms with Crippen molar-refractivity contribution in [2.24, 2.45) is 4.40 Å². The van der Waals surface area contributed by atoms with E-state index in [0.29, 0.717) is 0 Å². The molecular formula is C15H23NOS. The van der Waals surface area contributed by atoms with Gasteiger partial charge in [-0.15, -0.1) is 0 Å². The summed E-state index contributed by atoms with van der Waals surface area (Å²) in [5.41, 5.74) is 2.05. The topological polar surface area (TPSA) is 29.4 Å². The highest BCUT2D eigenvalue weighted by Crippen LogP contribution is 2.16. The maximum Gasteiger partial charge on any atom is 0.145 e. The second-order valence-electron chi connectivity index (χ2n) is 5.37. The largest absolute Gasteiger partial charge is 0.234 e. The van der Waals surface area contributed by atoms with E-state index in [1.54, 1.807) is 0 Å². The van der Waals surface area contributed by atoms with E-state index in [2.05, 4.69) is 11.3 Å². The van der Waals surface area contributed by atoms with Crippen LogP contribution >= 0.6 is 0 Å². The Bertz CT molecular complexity index is 418. The van der Waals surface area contributed by atoms with Crippen LogP contribution in [0.15, 0.2) is 34.7 Å². The van der Waals surface area contributed by atoms with Crippen LogP contribution in [0.2, 0.25) is 0 Å². The Hall–Kier alpha value is -0.960. The van der Waals surface area contributed by atoms with Gasteiger partial charge in [-0.2, -0.15) is 4.40 Å². The Balaban J connectivity index is 2.99. The van der Waals surface area contributed by atoms with E-state index in [1.807, 2.05) is 51.1 Å². The van der Waals surface area contributed by atoms with Gasteiger partial charge in [-0.3, -0.25) is 0 Å². The maximum absolute atomic E-state index is 12.1. The van der Waals surface area contributed by atoms with Crippen LogP contribution in [-0.2, 0) is 11.0 Å². The summed E-state index contributed by atoms with van der Waals surface area (Å²) in [6.45, 7) is 8.02. The van der Waals surface area contributed by atoms with Crippen molar-refractivity contribution < 1.29 is 4.21 Å². The molecule has 0 N–H and O–H groups in total. The molecule has 0 saturated carbocycles. The van der Waals surface area contributed by atoms with Crippen molar-refractivity contribution in [3.8, 4) is 0 Å². The number of nitrogens with zero attached hydrogens (tertiary/aromatic N) is 1. The molecule has 0 aliphatic heterocycles. The van der Waals surface area contributed by atoms with Gasteiger partial charge in [-0.25, -0.2) is 4.21 Å². The van der Waals surface area contributed by atoms with Crippen LogP contribution in [0, 0.1) is 0 Å². The first-order valence-electron chi connectivity index (χ1n) is 6.50. The summed E-state index contributed by atoms with van der Waals surface area (Å²) in [5.74, 6) is 0. The lowest BCUT2D eigenvalue weighted by Crippen LogP contribution is -2.21. The fraction of sp³-hybridized carbons (Fsp3) is 0.533. The molecule has 0 saturated heterocycles. The highest BCUT2D eigenvalue weighted by atomic mass is 32.2. The highest BCUT2D eigenvalue weighted by molar-refractivity contribution is 7.85. The Labute approximate surface area is 113 Å². The standard InChI is InChI=1S/C15H23NOS/c1-5-6-12-14(13-10-8-7-9-11-13)16-18(17)15(2,3)4/h7-11H,5-6,12H2,1-4H3. The van der Waals surface area contributed by atoms with Crippen LogP contribution < -0.4 is 0 Å². The molecule has 3 heteroatoms. The molecule has 1 atom stereocenters. The number of rotatable bonds is 5. The molecule has 1 rings (SSSR count). The van der Waals surface area contributed by atoms with Gasteiger partial charge in [0.15, 0.2) is 0 Å². The number of hydrogen-bond donors (Lipinski definition) is 0. The van der Waals surface area contributed by atoms with Crippen molar-refractivity contribution in [3.05, 3.63) is 35.9 Å². The lowest BCUT2D eigenvalue weighted by atomic mass is 10.1. The zero-order valence-electron chi connectivity index (χ0n) is 11.8. The minimum Gasteiger partial charge on any atom is -0.234 e. The van der Waals surface area contributed by atoms with Crippen molar-refractivity contribution in [2.45, 2.75) is 51.7 Å². The lowest BCUT2D eigenvalue weighted by Gasteiger charge is -2.15. The summed E-state index contributed by atoms with van der Waals surface area (Å²) in [4.78, 5) is 0. The zero-order valence-corrected chi connectivity index (χ0v) is 12.6. The maximum atomic E-state index is 12.1.